The quantitative estimate of drug-likeness (QED) is 0.112. The first-order valence-electron chi connectivity index (χ1n) is 21.0. The number of aromatic hydroxyl groups is 1. The highest BCUT2D eigenvalue weighted by Gasteiger charge is 2.72. The van der Waals surface area contributed by atoms with Crippen molar-refractivity contribution in [1.29, 1.82) is 0 Å². The van der Waals surface area contributed by atoms with Gasteiger partial charge in [-0.2, -0.15) is 15.1 Å². The molecule has 10 rings (SSSR count). The lowest BCUT2D eigenvalue weighted by molar-refractivity contribution is -0.000446. The lowest BCUT2D eigenvalue weighted by Gasteiger charge is -2.49. The van der Waals surface area contributed by atoms with Crippen molar-refractivity contribution < 1.29 is 36.9 Å². The minimum Gasteiger partial charge on any atom is -0.508 e. The molecule has 3 atom stereocenters. The van der Waals surface area contributed by atoms with Crippen LogP contribution in [0.15, 0.2) is 30.5 Å². The van der Waals surface area contributed by atoms with Crippen molar-refractivity contribution in [2.75, 3.05) is 65.1 Å². The number of phenols is 1. The smallest absolute Gasteiger partial charge is 0.319 e. The number of nitrogens with zero attached hydrogens (tertiary/aromatic N) is 7. The minimum absolute atomic E-state index is 0.0385. The van der Waals surface area contributed by atoms with Gasteiger partial charge in [-0.15, -0.1) is 6.42 Å². The largest absolute Gasteiger partial charge is 0.508 e. The molecule has 2 saturated carbocycles. The molecular weight excluding hydrogens is 779 g/mol. The maximum Gasteiger partial charge on any atom is 0.319 e. The molecule has 3 aliphatic heterocycles. The topological polar surface area (TPSA) is 101 Å². The molecule has 11 nitrogen and oxygen atoms in total. The van der Waals surface area contributed by atoms with Crippen LogP contribution in [0.3, 0.4) is 0 Å². The number of rotatable bonds is 11. The zero-order valence-electron chi connectivity index (χ0n) is 34.1. The van der Waals surface area contributed by atoms with E-state index in [1.54, 1.807) is 25.0 Å². The molecule has 316 valence electrons. The van der Waals surface area contributed by atoms with Gasteiger partial charge < -0.3 is 29.1 Å². The van der Waals surface area contributed by atoms with Gasteiger partial charge in [-0.1, -0.05) is 12.0 Å². The highest BCUT2D eigenvalue weighted by Crippen LogP contribution is 2.61. The van der Waals surface area contributed by atoms with Crippen LogP contribution in [0.4, 0.5) is 23.4 Å². The van der Waals surface area contributed by atoms with Crippen molar-refractivity contribution in [2.45, 2.75) is 75.0 Å². The third-order valence-corrected chi connectivity index (χ3v) is 14.0. The van der Waals surface area contributed by atoms with Crippen LogP contribution in [0.25, 0.3) is 43.7 Å². The van der Waals surface area contributed by atoms with Crippen molar-refractivity contribution in [1.82, 2.24) is 29.5 Å². The van der Waals surface area contributed by atoms with E-state index in [0.717, 1.165) is 58.2 Å². The van der Waals surface area contributed by atoms with E-state index in [1.807, 2.05) is 11.9 Å². The fraction of sp³-hybridized carbons (Fsp3) is 0.533. The van der Waals surface area contributed by atoms with Crippen LogP contribution in [0.2, 0.25) is 0 Å². The van der Waals surface area contributed by atoms with Gasteiger partial charge in [0.1, 0.15) is 35.0 Å². The Hall–Kier alpha value is -4.75. The first-order valence-corrected chi connectivity index (χ1v) is 21.0. The number of benzene rings is 3. The first-order chi connectivity index (χ1) is 28.9. The number of phenolic OH excluding ortho intramolecular Hbond substituents is 1. The van der Waals surface area contributed by atoms with Crippen LogP contribution in [-0.4, -0.2) is 125 Å². The number of hydrogen-bond acceptors (Lipinski definition) is 10. The summed E-state index contributed by atoms with van der Waals surface area (Å²) < 4.78 is 82.9. The molecule has 5 heterocycles. The normalized spacial score (nSPS) is 26.6. The molecule has 2 aliphatic carbocycles. The second-order valence-corrected chi connectivity index (χ2v) is 17.9. The van der Waals surface area contributed by atoms with Crippen LogP contribution in [0, 0.1) is 35.3 Å². The van der Waals surface area contributed by atoms with Crippen molar-refractivity contribution in [3.8, 4) is 35.2 Å². The van der Waals surface area contributed by atoms with E-state index in [4.69, 9.17) is 35.7 Å². The molecule has 60 heavy (non-hydrogen) atoms. The van der Waals surface area contributed by atoms with Crippen LogP contribution in [0.5, 0.6) is 11.8 Å². The van der Waals surface area contributed by atoms with E-state index in [9.17, 15) is 5.11 Å². The monoisotopic (exact) mass is 827 g/mol. The van der Waals surface area contributed by atoms with Crippen LogP contribution < -0.4 is 9.64 Å². The summed E-state index contributed by atoms with van der Waals surface area (Å²) in [6.45, 7) is 3.26. The number of aryl methyl sites for hydroxylation is 1. The van der Waals surface area contributed by atoms with Crippen LogP contribution >= 0.6 is 0 Å². The summed E-state index contributed by atoms with van der Waals surface area (Å²) >= 11 is 0. The SMILES string of the molecule is C#Cc1c(F)ccc2cc(O)cc(-c3c(F)c4nc(OC[C@]5(CN(C)C6CCOCC6)CC5(F)F)nc(N5C6CCC5CN(C5CC(COC)C5)C6)c4c4cn(C)nc34)c12. The second kappa shape index (κ2) is 14.7. The fourth-order valence-corrected chi connectivity index (χ4v) is 10.8. The van der Waals surface area contributed by atoms with E-state index in [0.29, 0.717) is 47.2 Å². The van der Waals surface area contributed by atoms with Crippen molar-refractivity contribution >= 4 is 38.4 Å². The highest BCUT2D eigenvalue weighted by molar-refractivity contribution is 6.18. The molecule has 3 saturated heterocycles. The molecule has 3 aromatic carbocycles. The molecule has 2 aromatic heterocycles. The summed E-state index contributed by atoms with van der Waals surface area (Å²) in [5.41, 5.74) is -1.31. The number of likely N-dealkylation sites (tertiary alicyclic amines) is 1. The zero-order valence-corrected chi connectivity index (χ0v) is 34.1. The maximum atomic E-state index is 17.9. The van der Waals surface area contributed by atoms with E-state index < -0.39 is 23.0 Å². The number of alkyl halides is 2. The molecule has 2 unspecified atom stereocenters. The number of aromatic nitrogens is 4. The summed E-state index contributed by atoms with van der Waals surface area (Å²) in [6, 6.07) is 5.96. The number of halogens is 4. The molecule has 1 N–H and O–H groups in total. The van der Waals surface area contributed by atoms with E-state index in [2.05, 4.69) is 15.7 Å². The summed E-state index contributed by atoms with van der Waals surface area (Å²) in [5.74, 6) is -1.19. The van der Waals surface area contributed by atoms with E-state index >= 15 is 17.6 Å². The molecule has 5 aromatic rings. The van der Waals surface area contributed by atoms with Crippen molar-refractivity contribution in [3.05, 3.63) is 47.7 Å². The Labute approximate surface area is 345 Å². The van der Waals surface area contributed by atoms with Crippen molar-refractivity contribution in [2.24, 2.45) is 18.4 Å². The van der Waals surface area contributed by atoms with Gasteiger partial charge >= 0.3 is 6.01 Å². The molecule has 15 heteroatoms. The Morgan fingerprint density at radius 2 is 1.75 bits per heavy atom. The van der Waals surface area contributed by atoms with Crippen LogP contribution in [-0.2, 0) is 16.5 Å². The van der Waals surface area contributed by atoms with Gasteiger partial charge in [-0.05, 0) is 80.6 Å². The molecule has 0 spiro atoms. The number of methoxy groups -OCH3 is 1. The van der Waals surface area contributed by atoms with E-state index in [-0.39, 0.29) is 82.6 Å². The lowest BCUT2D eigenvalue weighted by Crippen LogP contribution is -2.59. The average molecular weight is 828 g/mol. The Bertz CT molecular complexity index is 2540. The lowest BCUT2D eigenvalue weighted by atomic mass is 9.79. The predicted octanol–water partition coefficient (Wildman–Crippen LogP) is 6.89. The number of anilines is 1. The molecule has 5 aliphatic rings. The van der Waals surface area contributed by atoms with Crippen LogP contribution in [0.1, 0.15) is 50.5 Å². The number of hydrogen-bond donors (Lipinski definition) is 1. The highest BCUT2D eigenvalue weighted by atomic mass is 19.3. The third-order valence-electron chi connectivity index (χ3n) is 14.0. The third kappa shape index (κ3) is 6.44. The Kier molecular flexibility index (Phi) is 9.66. The maximum absolute atomic E-state index is 17.9. The van der Waals surface area contributed by atoms with Gasteiger partial charge in [-0.25, -0.2) is 17.6 Å². The average Bonchev–Trinajstić information content (AvgIpc) is 3.39. The van der Waals surface area contributed by atoms with Gasteiger partial charge in [0.05, 0.1) is 16.4 Å². The molecular formula is C45H49F4N7O4. The minimum atomic E-state index is -2.97. The second-order valence-electron chi connectivity index (χ2n) is 17.9. The summed E-state index contributed by atoms with van der Waals surface area (Å²) in [5, 5.41) is 17.3. The Morgan fingerprint density at radius 1 is 1.02 bits per heavy atom. The summed E-state index contributed by atoms with van der Waals surface area (Å²) in [6.07, 6.45) is 12.8. The number of fused-ring (bicyclic) bond motifs is 6. The first kappa shape index (κ1) is 39.4. The molecule has 0 amide bonds. The number of terminal acetylenes is 1. The number of ether oxygens (including phenoxy) is 3. The standard InChI is InChI=1S/C45H49F4N7O4/c1-5-32-35(46)9-6-26-16-31(57)17-33(36(26)32)37-39(47)41-38(34-20-54(3)52-40(34)37)42(56-28-7-8-29(56)19-55(18-28)30-14-25(15-30)21-58-4)51-43(50-41)60-24-44(22-45(44,48)49)23-53(2)27-10-12-59-13-11-27/h1,6,9,16-17,20,25,27-30,57H,7-8,10-15,18-19,21-24H2,2-4H3/t25?,28?,29?,30?,44-/m1/s1. The fourth-order valence-electron chi connectivity index (χ4n) is 10.8. The van der Waals surface area contributed by atoms with Gasteiger partial charge in [-0.3, -0.25) is 9.58 Å². The zero-order chi connectivity index (χ0) is 41.7. The van der Waals surface area contributed by atoms with Gasteiger partial charge in [0.15, 0.2) is 5.82 Å². The Morgan fingerprint density at radius 3 is 2.43 bits per heavy atom. The molecule has 0 radical (unpaired) electrons. The molecule has 2 bridgehead atoms. The van der Waals surface area contributed by atoms with Crippen molar-refractivity contribution in [3.63, 3.8) is 0 Å². The summed E-state index contributed by atoms with van der Waals surface area (Å²) in [7, 11) is 5.33. The van der Waals surface area contributed by atoms with E-state index in [1.165, 1.54) is 24.3 Å². The number of piperazine rings is 1. The Balaban J connectivity index is 1.11. The van der Waals surface area contributed by atoms with Gasteiger partial charge in [0, 0.05) is 107 Å². The molecule has 5 fully saturated rings. The van der Waals surface area contributed by atoms with Gasteiger partial charge in [0.2, 0.25) is 0 Å². The predicted molar refractivity (Wildman–Crippen MR) is 219 cm³/mol. The summed E-state index contributed by atoms with van der Waals surface area (Å²) in [4.78, 5) is 16.5. The van der Waals surface area contributed by atoms with Gasteiger partial charge in [0.25, 0.3) is 5.92 Å².